The number of aryl methyl sites for hydroxylation is 1. The van der Waals surface area contributed by atoms with Crippen LogP contribution in [0.15, 0.2) is 12.4 Å². The second-order valence-electron chi connectivity index (χ2n) is 5.72. The summed E-state index contributed by atoms with van der Waals surface area (Å²) in [6, 6.07) is 0.415. The molecule has 0 aliphatic carbocycles. The molecule has 2 rings (SSSR count). The van der Waals surface area contributed by atoms with Gasteiger partial charge in [0.15, 0.2) is 0 Å². The van der Waals surface area contributed by atoms with Crippen LogP contribution in [0.1, 0.15) is 31.2 Å². The molecule has 0 saturated carbocycles. The number of hydrogen-bond acceptors (Lipinski definition) is 4. The number of carbonyl (C=O) groups excluding carboxylic acids is 1. The van der Waals surface area contributed by atoms with Crippen LogP contribution in [0.5, 0.6) is 0 Å². The quantitative estimate of drug-likeness (QED) is 0.867. The van der Waals surface area contributed by atoms with Crippen LogP contribution >= 0.6 is 0 Å². The largest absolute Gasteiger partial charge is 0.385 e. The average Bonchev–Trinajstić information content (AvgIpc) is 2.85. The Morgan fingerprint density at radius 3 is 2.95 bits per heavy atom. The molecule has 1 fully saturated rings. The smallest absolute Gasteiger partial charge is 0.225 e. The lowest BCUT2D eigenvalue weighted by Crippen LogP contribution is -2.47. The van der Waals surface area contributed by atoms with E-state index >= 15 is 0 Å². The van der Waals surface area contributed by atoms with Gasteiger partial charge in [0.1, 0.15) is 11.9 Å². The number of imidazole rings is 1. The van der Waals surface area contributed by atoms with Crippen molar-refractivity contribution in [1.29, 1.82) is 0 Å². The minimum absolute atomic E-state index is 0.00653. The third kappa shape index (κ3) is 3.37. The van der Waals surface area contributed by atoms with Gasteiger partial charge in [-0.3, -0.25) is 4.79 Å². The maximum absolute atomic E-state index is 12.3. The Morgan fingerprint density at radius 1 is 1.60 bits per heavy atom. The van der Waals surface area contributed by atoms with Crippen molar-refractivity contribution < 1.29 is 9.90 Å². The molecule has 0 bridgehead atoms. The van der Waals surface area contributed by atoms with Gasteiger partial charge in [-0.1, -0.05) is 0 Å². The van der Waals surface area contributed by atoms with E-state index < -0.39 is 6.10 Å². The Kier molecular flexibility index (Phi) is 4.77. The first-order valence-corrected chi connectivity index (χ1v) is 7.08. The molecule has 1 aromatic heterocycles. The molecule has 112 valence electrons. The molecule has 0 spiro atoms. The van der Waals surface area contributed by atoms with Crippen molar-refractivity contribution in [1.82, 2.24) is 19.4 Å². The first-order valence-electron chi connectivity index (χ1n) is 7.08. The van der Waals surface area contributed by atoms with Gasteiger partial charge >= 0.3 is 0 Å². The average molecular weight is 280 g/mol. The molecular weight excluding hydrogens is 256 g/mol. The molecule has 1 aliphatic rings. The number of aromatic nitrogens is 2. The van der Waals surface area contributed by atoms with Gasteiger partial charge in [0, 0.05) is 38.6 Å². The molecule has 20 heavy (non-hydrogen) atoms. The van der Waals surface area contributed by atoms with Crippen LogP contribution in [-0.4, -0.2) is 63.6 Å². The number of carbonyl (C=O) groups is 1. The number of hydrogen-bond donors (Lipinski definition) is 1. The monoisotopic (exact) mass is 280 g/mol. The Labute approximate surface area is 120 Å². The molecule has 6 heteroatoms. The summed E-state index contributed by atoms with van der Waals surface area (Å²) in [4.78, 5) is 20.4. The van der Waals surface area contributed by atoms with Gasteiger partial charge in [0.05, 0.1) is 6.42 Å². The maximum atomic E-state index is 12.3. The highest BCUT2D eigenvalue weighted by Crippen LogP contribution is 2.19. The Bertz CT molecular complexity index is 458. The minimum Gasteiger partial charge on any atom is -0.385 e. The van der Waals surface area contributed by atoms with E-state index in [1.54, 1.807) is 17.0 Å². The zero-order valence-corrected chi connectivity index (χ0v) is 12.5. The van der Waals surface area contributed by atoms with Crippen molar-refractivity contribution >= 4 is 5.91 Å². The third-order valence-corrected chi connectivity index (χ3v) is 4.00. The lowest BCUT2D eigenvalue weighted by atomic mass is 10.0. The second kappa shape index (κ2) is 6.37. The van der Waals surface area contributed by atoms with Crippen LogP contribution in [0.3, 0.4) is 0 Å². The molecule has 1 N–H and O–H groups in total. The summed E-state index contributed by atoms with van der Waals surface area (Å²) in [6.07, 6.45) is 4.82. The minimum atomic E-state index is -0.831. The van der Waals surface area contributed by atoms with Gasteiger partial charge in [-0.05, 0) is 26.9 Å². The zero-order chi connectivity index (χ0) is 14.7. The van der Waals surface area contributed by atoms with E-state index in [1.807, 2.05) is 26.0 Å². The SMILES string of the molecule is CN(C)[C@@H]1CCCN(C(=O)CC(O)c2nccn2C)C1. The molecule has 1 unspecified atom stereocenters. The number of likely N-dealkylation sites (tertiary alicyclic amines) is 1. The van der Waals surface area contributed by atoms with Crippen molar-refractivity contribution in [2.45, 2.75) is 31.4 Å². The lowest BCUT2D eigenvalue weighted by molar-refractivity contribution is -0.135. The first-order chi connectivity index (χ1) is 9.49. The van der Waals surface area contributed by atoms with Crippen molar-refractivity contribution in [2.75, 3.05) is 27.2 Å². The molecule has 1 saturated heterocycles. The summed E-state index contributed by atoms with van der Waals surface area (Å²) >= 11 is 0. The highest BCUT2D eigenvalue weighted by molar-refractivity contribution is 5.77. The van der Waals surface area contributed by atoms with Crippen LogP contribution < -0.4 is 0 Å². The van der Waals surface area contributed by atoms with Crippen LogP contribution in [0.4, 0.5) is 0 Å². The summed E-state index contributed by atoms with van der Waals surface area (Å²) in [5, 5.41) is 10.1. The molecule has 1 amide bonds. The Morgan fingerprint density at radius 2 is 2.35 bits per heavy atom. The van der Waals surface area contributed by atoms with E-state index in [-0.39, 0.29) is 12.3 Å². The maximum Gasteiger partial charge on any atom is 0.225 e. The van der Waals surface area contributed by atoms with Crippen LogP contribution in [0.2, 0.25) is 0 Å². The lowest BCUT2D eigenvalue weighted by Gasteiger charge is -2.36. The molecule has 6 nitrogen and oxygen atoms in total. The van der Waals surface area contributed by atoms with Crippen LogP contribution in [0, 0.1) is 0 Å². The predicted molar refractivity (Wildman–Crippen MR) is 76.1 cm³/mol. The highest BCUT2D eigenvalue weighted by atomic mass is 16.3. The van der Waals surface area contributed by atoms with E-state index in [0.29, 0.717) is 11.9 Å². The molecule has 2 atom stereocenters. The van der Waals surface area contributed by atoms with E-state index in [4.69, 9.17) is 0 Å². The Hall–Kier alpha value is -1.40. The van der Waals surface area contributed by atoms with Gasteiger partial charge in [0.2, 0.25) is 5.91 Å². The molecule has 2 heterocycles. The van der Waals surface area contributed by atoms with Gasteiger partial charge in [-0.2, -0.15) is 0 Å². The molecular formula is C14H24N4O2. The molecule has 0 radical (unpaired) electrons. The van der Waals surface area contributed by atoms with E-state index in [2.05, 4.69) is 9.88 Å². The van der Waals surface area contributed by atoms with Gasteiger partial charge in [-0.25, -0.2) is 4.98 Å². The highest BCUT2D eigenvalue weighted by Gasteiger charge is 2.27. The van der Waals surface area contributed by atoms with Crippen molar-refractivity contribution in [3.8, 4) is 0 Å². The van der Waals surface area contributed by atoms with Gasteiger partial charge in [0.25, 0.3) is 0 Å². The summed E-state index contributed by atoms with van der Waals surface area (Å²) in [7, 11) is 5.90. The number of rotatable bonds is 4. The number of nitrogens with zero attached hydrogens (tertiary/aromatic N) is 4. The summed E-state index contributed by atoms with van der Waals surface area (Å²) in [5.41, 5.74) is 0. The molecule has 0 aromatic carbocycles. The van der Waals surface area contributed by atoms with E-state index in [1.165, 1.54) is 0 Å². The Balaban J connectivity index is 1.93. The zero-order valence-electron chi connectivity index (χ0n) is 12.5. The fraction of sp³-hybridized carbons (Fsp3) is 0.714. The number of amides is 1. The van der Waals surface area contributed by atoms with Crippen molar-refractivity contribution in [3.63, 3.8) is 0 Å². The standard InChI is InChI=1S/C14H24N4O2/c1-16(2)11-5-4-7-18(10-11)13(20)9-12(19)14-15-6-8-17(14)3/h6,8,11-12,19H,4-5,7,9-10H2,1-3H3/t11-,12?/m1/s1. The van der Waals surface area contributed by atoms with Crippen LogP contribution in [0.25, 0.3) is 0 Å². The number of piperidine rings is 1. The first kappa shape index (κ1) is 15.0. The third-order valence-electron chi connectivity index (χ3n) is 4.00. The summed E-state index contributed by atoms with van der Waals surface area (Å²) in [6.45, 7) is 1.54. The predicted octanol–water partition coefficient (Wildman–Crippen LogP) is 0.396. The summed E-state index contributed by atoms with van der Waals surface area (Å²) in [5.74, 6) is 0.548. The normalized spacial score (nSPS) is 21.2. The van der Waals surface area contributed by atoms with Crippen molar-refractivity contribution in [3.05, 3.63) is 18.2 Å². The summed E-state index contributed by atoms with van der Waals surface area (Å²) < 4.78 is 1.75. The molecule has 1 aliphatic heterocycles. The van der Waals surface area contributed by atoms with Gasteiger partial charge < -0.3 is 19.5 Å². The van der Waals surface area contributed by atoms with E-state index in [0.717, 1.165) is 25.9 Å². The second-order valence-corrected chi connectivity index (χ2v) is 5.72. The van der Waals surface area contributed by atoms with Crippen molar-refractivity contribution in [2.24, 2.45) is 7.05 Å². The van der Waals surface area contributed by atoms with Crippen LogP contribution in [-0.2, 0) is 11.8 Å². The number of likely N-dealkylation sites (N-methyl/N-ethyl adjacent to an activating group) is 1. The number of aliphatic hydroxyl groups excluding tert-OH is 1. The number of aliphatic hydroxyl groups is 1. The molecule has 1 aromatic rings. The fourth-order valence-corrected chi connectivity index (χ4v) is 2.69. The van der Waals surface area contributed by atoms with Gasteiger partial charge in [-0.15, -0.1) is 0 Å². The fourth-order valence-electron chi connectivity index (χ4n) is 2.69. The van der Waals surface area contributed by atoms with E-state index in [9.17, 15) is 9.90 Å². The topological polar surface area (TPSA) is 61.6 Å².